The van der Waals surface area contributed by atoms with E-state index < -0.39 is 0 Å². The summed E-state index contributed by atoms with van der Waals surface area (Å²) in [6, 6.07) is 15.4. The number of quaternary nitrogens is 1. The Morgan fingerprint density at radius 2 is 1.87 bits per heavy atom. The summed E-state index contributed by atoms with van der Waals surface area (Å²) >= 11 is 0. The van der Waals surface area contributed by atoms with Gasteiger partial charge in [-0.05, 0) is 42.5 Å². The third-order valence-electron chi connectivity index (χ3n) is 6.50. The fraction of sp³-hybridized carbons (Fsp3) is 0.435. The number of fused-ring (bicyclic) bond motifs is 1. The van der Waals surface area contributed by atoms with E-state index in [4.69, 9.17) is 0 Å². The largest absolute Gasteiger partial charge is 0.360 e. The number of aryl methyl sites for hydroxylation is 1. The number of anilines is 1. The average molecular weight is 410 g/mol. The highest BCUT2D eigenvalue weighted by Gasteiger charge is 2.29. The van der Waals surface area contributed by atoms with E-state index in [1.807, 2.05) is 24.1 Å². The van der Waals surface area contributed by atoms with Crippen LogP contribution in [-0.4, -0.2) is 55.5 Å². The number of carbonyl (C=O) groups excluding carboxylic acids is 1. The highest BCUT2D eigenvalue weighted by molar-refractivity contribution is 5.77. The van der Waals surface area contributed by atoms with E-state index >= 15 is 0 Å². The zero-order valence-electron chi connectivity index (χ0n) is 17.4. The molecule has 2 aliphatic rings. The normalized spacial score (nSPS) is 19.2. The lowest BCUT2D eigenvalue weighted by atomic mass is 9.87. The third kappa shape index (κ3) is 4.31. The van der Waals surface area contributed by atoms with Gasteiger partial charge in [-0.15, -0.1) is 0 Å². The minimum atomic E-state index is -0.376. The average Bonchev–Trinajstić information content (AvgIpc) is 2.78. The maximum Gasteiger partial charge on any atom is 0.278 e. The molecular formula is C23H29N4O3+. The number of rotatable bonds is 5. The molecule has 2 aromatic rings. The number of likely N-dealkylation sites (N-methyl/N-ethyl adjacent to an activating group) is 1. The Labute approximate surface area is 177 Å². The van der Waals surface area contributed by atoms with Crippen LogP contribution in [0.2, 0.25) is 0 Å². The number of carbonyl (C=O) groups is 1. The molecule has 7 nitrogen and oxygen atoms in total. The van der Waals surface area contributed by atoms with Crippen LogP contribution in [-0.2, 0) is 11.2 Å². The van der Waals surface area contributed by atoms with Crippen molar-refractivity contribution < 1.29 is 14.6 Å². The number of nitrogens with zero attached hydrogens (tertiary/aromatic N) is 3. The van der Waals surface area contributed by atoms with Crippen LogP contribution >= 0.6 is 0 Å². The van der Waals surface area contributed by atoms with Gasteiger partial charge in [-0.2, -0.15) is 0 Å². The first-order valence-corrected chi connectivity index (χ1v) is 10.7. The van der Waals surface area contributed by atoms with E-state index in [-0.39, 0.29) is 22.6 Å². The second kappa shape index (κ2) is 8.83. The number of nitro benzene ring substituents is 1. The molecule has 1 aliphatic heterocycles. The second-order valence-corrected chi connectivity index (χ2v) is 8.30. The van der Waals surface area contributed by atoms with Crippen LogP contribution in [0.5, 0.6) is 0 Å². The van der Waals surface area contributed by atoms with Crippen molar-refractivity contribution in [2.24, 2.45) is 0 Å². The van der Waals surface area contributed by atoms with E-state index in [0.717, 1.165) is 51.1 Å². The summed E-state index contributed by atoms with van der Waals surface area (Å²) in [7, 11) is 1.95. The molecule has 1 aliphatic carbocycles. The van der Waals surface area contributed by atoms with Gasteiger partial charge in [0, 0.05) is 24.9 Å². The molecule has 0 saturated carbocycles. The molecule has 158 valence electrons. The molecule has 0 radical (unpaired) electrons. The number of nitro groups is 1. The first kappa shape index (κ1) is 20.3. The van der Waals surface area contributed by atoms with Crippen LogP contribution in [0.25, 0.3) is 0 Å². The highest BCUT2D eigenvalue weighted by Crippen LogP contribution is 2.33. The Bertz CT molecular complexity index is 907. The van der Waals surface area contributed by atoms with Gasteiger partial charge in [-0.1, -0.05) is 24.3 Å². The summed E-state index contributed by atoms with van der Waals surface area (Å²) in [5.41, 5.74) is 3.79. The number of hydrogen-bond acceptors (Lipinski definition) is 4. The van der Waals surface area contributed by atoms with Gasteiger partial charge in [0.1, 0.15) is 0 Å². The summed E-state index contributed by atoms with van der Waals surface area (Å²) < 4.78 is 0. The molecule has 4 rings (SSSR count). The number of piperazine rings is 1. The fourth-order valence-electron chi connectivity index (χ4n) is 4.69. The highest BCUT2D eigenvalue weighted by atomic mass is 16.6. The smallest absolute Gasteiger partial charge is 0.278 e. The molecule has 2 aromatic carbocycles. The molecule has 0 bridgehead atoms. The second-order valence-electron chi connectivity index (χ2n) is 8.30. The van der Waals surface area contributed by atoms with Crippen molar-refractivity contribution in [3.63, 3.8) is 0 Å². The Balaban J connectivity index is 1.32. The van der Waals surface area contributed by atoms with Gasteiger partial charge in [0.25, 0.3) is 11.6 Å². The molecule has 30 heavy (non-hydrogen) atoms. The van der Waals surface area contributed by atoms with Crippen LogP contribution in [0.1, 0.15) is 30.0 Å². The van der Waals surface area contributed by atoms with Gasteiger partial charge in [0.05, 0.1) is 37.1 Å². The van der Waals surface area contributed by atoms with Gasteiger partial charge >= 0.3 is 0 Å². The Morgan fingerprint density at radius 1 is 1.17 bits per heavy atom. The van der Waals surface area contributed by atoms with Gasteiger partial charge in [-0.25, -0.2) is 0 Å². The maximum atomic E-state index is 13.0. The molecule has 1 atom stereocenters. The summed E-state index contributed by atoms with van der Waals surface area (Å²) in [5.74, 6) is 0.204. The summed E-state index contributed by atoms with van der Waals surface area (Å²) in [4.78, 5) is 28.9. The third-order valence-corrected chi connectivity index (χ3v) is 6.50. The minimum Gasteiger partial charge on any atom is -0.360 e. The topological polar surface area (TPSA) is 71.1 Å². The Morgan fingerprint density at radius 3 is 2.57 bits per heavy atom. The number of nitrogens with one attached hydrogen (secondary N) is 1. The molecule has 1 N–H and O–H groups in total. The van der Waals surface area contributed by atoms with Gasteiger partial charge < -0.3 is 14.7 Å². The molecule has 1 fully saturated rings. The van der Waals surface area contributed by atoms with Crippen LogP contribution in [0.4, 0.5) is 11.4 Å². The first-order valence-electron chi connectivity index (χ1n) is 10.7. The van der Waals surface area contributed by atoms with Crippen molar-refractivity contribution >= 4 is 17.3 Å². The molecule has 1 heterocycles. The van der Waals surface area contributed by atoms with Gasteiger partial charge in [0.2, 0.25) is 0 Å². The Hall–Kier alpha value is -2.93. The van der Waals surface area contributed by atoms with Crippen molar-refractivity contribution in [2.75, 3.05) is 44.7 Å². The van der Waals surface area contributed by atoms with Crippen molar-refractivity contribution in [3.8, 4) is 0 Å². The molecule has 0 spiro atoms. The SMILES string of the molecule is CN(C(=O)C[NH+]1CCN(c2ccc([N+](=O)[O-])cc2)CC1)[C@H]1CCCc2ccccc21. The first-order chi connectivity index (χ1) is 14.5. The van der Waals surface area contributed by atoms with Crippen molar-refractivity contribution in [1.29, 1.82) is 0 Å². The lowest BCUT2D eigenvalue weighted by Crippen LogP contribution is -3.15. The van der Waals surface area contributed by atoms with Crippen LogP contribution in [0, 0.1) is 10.1 Å². The predicted octanol–water partition coefficient (Wildman–Crippen LogP) is 1.84. The molecule has 1 saturated heterocycles. The van der Waals surface area contributed by atoms with Gasteiger partial charge in [0.15, 0.2) is 6.54 Å². The standard InChI is InChI=1S/C23H28N4O3/c1-24(22-8-4-6-18-5-2-3-7-21(18)22)23(28)17-25-13-15-26(16-14-25)19-9-11-20(12-10-19)27(29)30/h2-3,5,7,9-12,22H,4,6,8,13-17H2,1H3/p+1/t22-/m0/s1. The monoisotopic (exact) mass is 409 g/mol. The van der Waals surface area contributed by atoms with Crippen LogP contribution in [0.3, 0.4) is 0 Å². The summed E-state index contributed by atoms with van der Waals surface area (Å²) in [6.45, 7) is 3.98. The van der Waals surface area contributed by atoms with E-state index in [2.05, 4.69) is 29.2 Å². The Kier molecular flexibility index (Phi) is 5.99. The summed E-state index contributed by atoms with van der Waals surface area (Å²) in [6.07, 6.45) is 3.26. The molecule has 0 unspecified atom stereocenters. The van der Waals surface area contributed by atoms with E-state index in [0.29, 0.717) is 6.54 Å². The number of amides is 1. The minimum absolute atomic E-state index is 0.112. The number of benzene rings is 2. The van der Waals surface area contributed by atoms with Crippen molar-refractivity contribution in [3.05, 3.63) is 69.8 Å². The number of hydrogen-bond donors (Lipinski definition) is 1. The lowest BCUT2D eigenvalue weighted by molar-refractivity contribution is -0.892. The van der Waals surface area contributed by atoms with Crippen LogP contribution in [0.15, 0.2) is 48.5 Å². The molecule has 7 heteroatoms. The zero-order valence-corrected chi connectivity index (χ0v) is 17.4. The molecule has 1 amide bonds. The number of non-ortho nitro benzene ring substituents is 1. The maximum absolute atomic E-state index is 13.0. The zero-order chi connectivity index (χ0) is 21.1. The van der Waals surface area contributed by atoms with Gasteiger partial charge in [-0.3, -0.25) is 14.9 Å². The van der Waals surface area contributed by atoms with Crippen molar-refractivity contribution in [2.45, 2.75) is 25.3 Å². The fourth-order valence-corrected chi connectivity index (χ4v) is 4.69. The predicted molar refractivity (Wildman–Crippen MR) is 116 cm³/mol. The van der Waals surface area contributed by atoms with E-state index in [1.54, 1.807) is 12.1 Å². The summed E-state index contributed by atoms with van der Waals surface area (Å²) in [5, 5.41) is 10.8. The van der Waals surface area contributed by atoms with E-state index in [9.17, 15) is 14.9 Å². The lowest BCUT2D eigenvalue weighted by Gasteiger charge is -2.36. The quantitative estimate of drug-likeness (QED) is 0.604. The molecule has 0 aromatic heterocycles. The van der Waals surface area contributed by atoms with Crippen LogP contribution < -0.4 is 9.80 Å². The molecular weight excluding hydrogens is 380 g/mol. The van der Waals surface area contributed by atoms with E-state index in [1.165, 1.54) is 16.0 Å². The van der Waals surface area contributed by atoms with Crippen molar-refractivity contribution in [1.82, 2.24) is 4.90 Å².